The minimum Gasteiger partial charge on any atom is -0.475 e. The molecule has 2 aliphatic rings. The Morgan fingerprint density at radius 3 is 2.39 bits per heavy atom. The Labute approximate surface area is 236 Å². The zero-order chi connectivity index (χ0) is 29.1. The number of hydrogen-bond donors (Lipinski definition) is 2. The number of hydrogen-bond acceptors (Lipinski definition) is 7. The number of rotatable bonds is 11. The molecular formula is C30H33F3N6O2. The van der Waals surface area contributed by atoms with Gasteiger partial charge in [0.2, 0.25) is 5.82 Å². The molecule has 0 amide bonds. The molecule has 1 saturated heterocycles. The lowest BCUT2D eigenvalue weighted by molar-refractivity contribution is -0.137. The van der Waals surface area contributed by atoms with Crippen molar-refractivity contribution in [3.63, 3.8) is 0 Å². The SMILES string of the molecule is C=Nc1nc(C(=O)O)nc(N[C@H](C)C2CCC2)c1N(Cc1ccc(C(F)(F)F)cc1)CN1CCC1c1ccccc1. The van der Waals surface area contributed by atoms with Crippen LogP contribution in [0.5, 0.6) is 0 Å². The summed E-state index contributed by atoms with van der Waals surface area (Å²) < 4.78 is 39.7. The maximum Gasteiger partial charge on any atom is 0.416 e. The highest BCUT2D eigenvalue weighted by molar-refractivity contribution is 5.87. The standard InChI is InChI=1S/C30H33F3N6O2/c1-19(21-9-6-10-21)35-27-25(26(34-2)36-28(37-27)29(40)41)39(17-20-11-13-23(14-12-20)30(31,32)33)18-38-16-15-24(38)22-7-4-3-5-8-22/h3-5,7-8,11-14,19,21,24H,2,6,9-10,15-18H2,1H3,(H,40,41)(H,35,36,37)/t19-,24?/m1/s1. The molecule has 8 nitrogen and oxygen atoms in total. The van der Waals surface area contributed by atoms with Crippen LogP contribution in [0.15, 0.2) is 59.6 Å². The van der Waals surface area contributed by atoms with Crippen LogP contribution in [0, 0.1) is 5.92 Å². The number of aliphatic imine (C=N–C) groups is 1. The van der Waals surface area contributed by atoms with E-state index in [1.807, 2.05) is 30.0 Å². The first kappa shape index (κ1) is 28.5. The summed E-state index contributed by atoms with van der Waals surface area (Å²) in [5.74, 6) is -0.846. The maximum absolute atomic E-state index is 13.2. The van der Waals surface area contributed by atoms with E-state index in [-0.39, 0.29) is 24.4 Å². The van der Waals surface area contributed by atoms with Crippen molar-refractivity contribution >= 4 is 30.0 Å². The number of carbonyl (C=O) groups is 1. The fourth-order valence-electron chi connectivity index (χ4n) is 5.42. The molecule has 216 valence electrons. The van der Waals surface area contributed by atoms with Gasteiger partial charge in [0, 0.05) is 25.2 Å². The normalized spacial score (nSPS) is 18.2. The van der Waals surface area contributed by atoms with Crippen LogP contribution >= 0.6 is 0 Å². The average molecular weight is 567 g/mol. The third kappa shape index (κ3) is 6.35. The predicted molar refractivity (Wildman–Crippen MR) is 152 cm³/mol. The lowest BCUT2D eigenvalue weighted by Crippen LogP contribution is -2.48. The molecule has 5 rings (SSSR count). The number of halogens is 3. The first-order chi connectivity index (χ1) is 19.6. The predicted octanol–water partition coefficient (Wildman–Crippen LogP) is 6.54. The number of likely N-dealkylation sites (tertiary alicyclic amines) is 1. The van der Waals surface area contributed by atoms with E-state index < -0.39 is 23.5 Å². The molecule has 1 aliphatic carbocycles. The summed E-state index contributed by atoms with van der Waals surface area (Å²) >= 11 is 0. The molecule has 2 heterocycles. The number of aromatic nitrogens is 2. The second-order valence-electron chi connectivity index (χ2n) is 10.7. The number of carboxylic acids is 1. The van der Waals surface area contributed by atoms with Crippen molar-refractivity contribution in [1.82, 2.24) is 14.9 Å². The highest BCUT2D eigenvalue weighted by Crippen LogP contribution is 2.40. The fourth-order valence-corrected chi connectivity index (χ4v) is 5.42. The molecule has 0 bridgehead atoms. The molecule has 41 heavy (non-hydrogen) atoms. The minimum absolute atomic E-state index is 0.0192. The van der Waals surface area contributed by atoms with Gasteiger partial charge in [-0.2, -0.15) is 13.2 Å². The molecule has 1 saturated carbocycles. The Bertz CT molecular complexity index is 1380. The van der Waals surface area contributed by atoms with Gasteiger partial charge in [-0.05, 0) is 62.1 Å². The van der Waals surface area contributed by atoms with Gasteiger partial charge in [-0.25, -0.2) is 19.8 Å². The summed E-state index contributed by atoms with van der Waals surface area (Å²) in [5, 5.41) is 13.1. The Kier molecular flexibility index (Phi) is 8.25. The first-order valence-electron chi connectivity index (χ1n) is 13.7. The van der Waals surface area contributed by atoms with Crippen molar-refractivity contribution in [2.24, 2.45) is 10.9 Å². The zero-order valence-corrected chi connectivity index (χ0v) is 22.8. The lowest BCUT2D eigenvalue weighted by atomic mass is 9.80. The van der Waals surface area contributed by atoms with Crippen molar-refractivity contribution in [3.05, 3.63) is 77.1 Å². The highest BCUT2D eigenvalue weighted by atomic mass is 19.4. The van der Waals surface area contributed by atoms with Crippen LogP contribution in [0.2, 0.25) is 0 Å². The van der Waals surface area contributed by atoms with Gasteiger partial charge in [-0.3, -0.25) is 4.90 Å². The zero-order valence-electron chi connectivity index (χ0n) is 22.8. The van der Waals surface area contributed by atoms with Crippen LogP contribution in [0.1, 0.15) is 66.0 Å². The van der Waals surface area contributed by atoms with Gasteiger partial charge in [0.05, 0.1) is 12.2 Å². The molecule has 11 heteroatoms. The van der Waals surface area contributed by atoms with E-state index >= 15 is 0 Å². The molecule has 2 atom stereocenters. The number of benzene rings is 2. The molecule has 1 aliphatic heterocycles. The lowest BCUT2D eigenvalue weighted by Gasteiger charge is -2.45. The average Bonchev–Trinajstić information content (AvgIpc) is 2.89. The summed E-state index contributed by atoms with van der Waals surface area (Å²) in [6.45, 7) is 7.12. The summed E-state index contributed by atoms with van der Waals surface area (Å²) in [7, 11) is 0. The number of anilines is 2. The Hall–Kier alpha value is -3.99. The molecular weight excluding hydrogens is 533 g/mol. The molecule has 1 aromatic heterocycles. The van der Waals surface area contributed by atoms with E-state index in [2.05, 4.69) is 44.0 Å². The van der Waals surface area contributed by atoms with Crippen molar-refractivity contribution in [1.29, 1.82) is 0 Å². The van der Waals surface area contributed by atoms with Gasteiger partial charge < -0.3 is 15.3 Å². The number of nitrogens with zero attached hydrogens (tertiary/aromatic N) is 5. The molecule has 0 spiro atoms. The largest absolute Gasteiger partial charge is 0.475 e. The highest BCUT2D eigenvalue weighted by Gasteiger charge is 2.34. The number of nitrogens with one attached hydrogen (secondary N) is 1. The van der Waals surface area contributed by atoms with Crippen molar-refractivity contribution < 1.29 is 23.1 Å². The van der Waals surface area contributed by atoms with E-state index in [9.17, 15) is 23.1 Å². The van der Waals surface area contributed by atoms with Crippen molar-refractivity contribution in [2.45, 2.75) is 57.4 Å². The minimum atomic E-state index is -4.44. The van der Waals surface area contributed by atoms with Crippen LogP contribution < -0.4 is 10.2 Å². The topological polar surface area (TPSA) is 93.9 Å². The summed E-state index contributed by atoms with van der Waals surface area (Å²) in [5.41, 5.74) is 1.56. The molecule has 0 radical (unpaired) electrons. The fraction of sp³-hybridized carbons (Fsp3) is 0.400. The second-order valence-corrected chi connectivity index (χ2v) is 10.7. The Balaban J connectivity index is 1.54. The number of alkyl halides is 3. The van der Waals surface area contributed by atoms with E-state index in [1.165, 1.54) is 17.7 Å². The molecule has 2 N–H and O–H groups in total. The molecule has 3 aromatic rings. The monoisotopic (exact) mass is 566 g/mol. The van der Waals surface area contributed by atoms with E-state index in [0.29, 0.717) is 29.7 Å². The van der Waals surface area contributed by atoms with Gasteiger partial charge in [-0.1, -0.05) is 48.9 Å². The van der Waals surface area contributed by atoms with E-state index in [0.717, 1.165) is 44.4 Å². The van der Waals surface area contributed by atoms with Crippen molar-refractivity contribution in [2.75, 3.05) is 23.4 Å². The molecule has 2 fully saturated rings. The Morgan fingerprint density at radius 2 is 1.85 bits per heavy atom. The summed E-state index contributed by atoms with van der Waals surface area (Å²) in [6, 6.07) is 15.3. The summed E-state index contributed by atoms with van der Waals surface area (Å²) in [6.07, 6.45) is -0.205. The van der Waals surface area contributed by atoms with Crippen molar-refractivity contribution in [3.8, 4) is 0 Å². The number of carboxylic acid groups (broad SMARTS) is 1. The van der Waals surface area contributed by atoms with Gasteiger partial charge in [-0.15, -0.1) is 0 Å². The van der Waals surface area contributed by atoms with Crippen LogP contribution in [0.3, 0.4) is 0 Å². The number of aromatic carboxylic acids is 1. The smallest absolute Gasteiger partial charge is 0.416 e. The summed E-state index contributed by atoms with van der Waals surface area (Å²) in [4.78, 5) is 28.8. The van der Waals surface area contributed by atoms with Gasteiger partial charge in [0.15, 0.2) is 11.6 Å². The van der Waals surface area contributed by atoms with Crippen LogP contribution in [0.4, 0.5) is 30.5 Å². The van der Waals surface area contributed by atoms with Crippen LogP contribution in [-0.2, 0) is 12.7 Å². The molecule has 2 aromatic carbocycles. The Morgan fingerprint density at radius 1 is 1.15 bits per heavy atom. The van der Waals surface area contributed by atoms with Gasteiger partial charge >= 0.3 is 12.1 Å². The quantitative estimate of drug-likeness (QED) is 0.255. The van der Waals surface area contributed by atoms with Gasteiger partial charge in [0.1, 0.15) is 5.69 Å². The van der Waals surface area contributed by atoms with Crippen LogP contribution in [-0.4, -0.2) is 51.9 Å². The third-order valence-electron chi connectivity index (χ3n) is 8.07. The van der Waals surface area contributed by atoms with Gasteiger partial charge in [0.25, 0.3) is 0 Å². The first-order valence-corrected chi connectivity index (χ1v) is 13.7. The van der Waals surface area contributed by atoms with Crippen LogP contribution in [0.25, 0.3) is 0 Å². The van der Waals surface area contributed by atoms with E-state index in [4.69, 9.17) is 0 Å². The third-order valence-corrected chi connectivity index (χ3v) is 8.07. The van der Waals surface area contributed by atoms with E-state index in [1.54, 1.807) is 0 Å². The second kappa shape index (κ2) is 11.9. The maximum atomic E-state index is 13.2. The molecule has 1 unspecified atom stereocenters.